The largest absolute Gasteiger partial charge is 0.455 e. The molecule has 22 heavy (non-hydrogen) atoms. The Morgan fingerprint density at radius 1 is 1.14 bits per heavy atom. The zero-order valence-corrected chi connectivity index (χ0v) is 11.7. The summed E-state index contributed by atoms with van der Waals surface area (Å²) in [5.41, 5.74) is 0. The number of hydrogen-bond donors (Lipinski definition) is 1. The lowest BCUT2D eigenvalue weighted by atomic mass is 9.89. The van der Waals surface area contributed by atoms with Crippen molar-refractivity contribution in [2.24, 2.45) is 5.92 Å². The molecule has 1 heterocycles. The van der Waals surface area contributed by atoms with Crippen molar-refractivity contribution in [3.05, 3.63) is 0 Å². The van der Waals surface area contributed by atoms with Crippen LogP contribution < -0.4 is 0 Å². The highest BCUT2D eigenvalue weighted by molar-refractivity contribution is 5.72. The van der Waals surface area contributed by atoms with Crippen LogP contribution in [0.1, 0.15) is 38.5 Å². The number of aliphatic hydroxyl groups is 1. The zero-order chi connectivity index (χ0) is 16.6. The second-order valence-corrected chi connectivity index (χ2v) is 5.66. The van der Waals surface area contributed by atoms with Crippen LogP contribution in [0.4, 0.5) is 22.0 Å². The number of carbonyl (C=O) groups is 1. The summed E-state index contributed by atoms with van der Waals surface area (Å²) in [5, 5.41) is 9.24. The molecule has 1 saturated carbocycles. The molecule has 2 aliphatic rings. The molecule has 1 saturated heterocycles. The molecular weight excluding hydrogens is 315 g/mol. The van der Waals surface area contributed by atoms with Crippen LogP contribution in [0.15, 0.2) is 0 Å². The van der Waals surface area contributed by atoms with Crippen LogP contribution in [0.2, 0.25) is 0 Å². The molecule has 0 aromatic rings. The second-order valence-electron chi connectivity index (χ2n) is 5.66. The minimum absolute atomic E-state index is 0.469. The summed E-state index contributed by atoms with van der Waals surface area (Å²) in [6, 6.07) is 0. The smallest absolute Gasteiger partial charge is 0.449 e. The Hall–Kier alpha value is -0.960. The van der Waals surface area contributed by atoms with Crippen molar-refractivity contribution in [1.82, 2.24) is 0 Å². The molecule has 0 radical (unpaired) electrons. The Bertz CT molecular complexity index is 419. The van der Waals surface area contributed by atoms with Crippen LogP contribution in [-0.2, 0) is 14.3 Å². The Labute approximate surface area is 123 Å². The topological polar surface area (TPSA) is 55.8 Å². The average Bonchev–Trinajstić information content (AvgIpc) is 2.44. The monoisotopic (exact) mass is 332 g/mol. The minimum Gasteiger partial charge on any atom is -0.455 e. The quantitative estimate of drug-likeness (QED) is 0.624. The second kappa shape index (κ2) is 5.92. The van der Waals surface area contributed by atoms with E-state index >= 15 is 0 Å². The van der Waals surface area contributed by atoms with Gasteiger partial charge in [-0.25, -0.2) is 0 Å². The molecule has 2 rings (SSSR count). The molecule has 2 atom stereocenters. The van der Waals surface area contributed by atoms with E-state index in [2.05, 4.69) is 9.47 Å². The normalized spacial score (nSPS) is 33.5. The fourth-order valence-corrected chi connectivity index (χ4v) is 2.79. The molecule has 0 aromatic carbocycles. The van der Waals surface area contributed by atoms with Gasteiger partial charge in [-0.2, -0.15) is 22.0 Å². The molecule has 1 N–H and O–H groups in total. The van der Waals surface area contributed by atoms with Crippen molar-refractivity contribution in [3.8, 4) is 0 Å². The lowest BCUT2D eigenvalue weighted by Gasteiger charge is -2.43. The van der Waals surface area contributed by atoms with Gasteiger partial charge >= 0.3 is 23.9 Å². The molecule has 9 heteroatoms. The summed E-state index contributed by atoms with van der Waals surface area (Å²) in [5.74, 6) is -10.9. The van der Waals surface area contributed by atoms with Crippen molar-refractivity contribution < 1.29 is 41.3 Å². The molecule has 0 bridgehead atoms. The van der Waals surface area contributed by atoms with E-state index < -0.39 is 48.9 Å². The van der Waals surface area contributed by atoms with Gasteiger partial charge in [-0.1, -0.05) is 19.3 Å². The highest BCUT2D eigenvalue weighted by atomic mass is 19.4. The van der Waals surface area contributed by atoms with E-state index in [1.54, 1.807) is 0 Å². The van der Waals surface area contributed by atoms with Crippen molar-refractivity contribution >= 4 is 5.97 Å². The summed E-state index contributed by atoms with van der Waals surface area (Å²) in [7, 11) is 0. The first-order valence-electron chi connectivity index (χ1n) is 7.11. The first-order valence-corrected chi connectivity index (χ1v) is 7.11. The van der Waals surface area contributed by atoms with Crippen LogP contribution in [0.5, 0.6) is 0 Å². The highest BCUT2D eigenvalue weighted by Crippen LogP contribution is 2.49. The SMILES string of the molecule is O=C(OC1CCOC(O)(C(F)(F)F)C1(F)F)C1CCCCC1. The predicted octanol–water partition coefficient (Wildman–Crippen LogP) is 2.79. The maximum absolute atomic E-state index is 14.0. The molecular formula is C13H17F5O4. The predicted molar refractivity (Wildman–Crippen MR) is 63.0 cm³/mol. The molecule has 2 unspecified atom stereocenters. The molecule has 1 aliphatic heterocycles. The zero-order valence-electron chi connectivity index (χ0n) is 11.7. The fraction of sp³-hybridized carbons (Fsp3) is 0.923. The first-order chi connectivity index (χ1) is 10.1. The number of carbonyl (C=O) groups excluding carboxylic acids is 1. The summed E-state index contributed by atoms with van der Waals surface area (Å²) in [6.07, 6.45) is -5.31. The van der Waals surface area contributed by atoms with Gasteiger partial charge in [0.25, 0.3) is 0 Å². The molecule has 0 amide bonds. The number of alkyl halides is 5. The maximum Gasteiger partial charge on any atom is 0.449 e. The molecule has 1 aliphatic carbocycles. The van der Waals surface area contributed by atoms with Crippen LogP contribution in [0, 0.1) is 5.92 Å². The number of hydrogen-bond acceptors (Lipinski definition) is 4. The van der Waals surface area contributed by atoms with E-state index in [1.165, 1.54) is 0 Å². The summed E-state index contributed by atoms with van der Waals surface area (Å²) in [6.45, 7) is -0.784. The van der Waals surface area contributed by atoms with Gasteiger partial charge in [0.05, 0.1) is 12.5 Å². The van der Waals surface area contributed by atoms with Gasteiger partial charge in [0.1, 0.15) is 0 Å². The van der Waals surface area contributed by atoms with E-state index in [9.17, 15) is 31.9 Å². The van der Waals surface area contributed by atoms with Gasteiger partial charge in [0, 0.05) is 6.42 Å². The third-order valence-corrected chi connectivity index (χ3v) is 4.13. The van der Waals surface area contributed by atoms with Crippen molar-refractivity contribution in [2.45, 2.75) is 62.5 Å². The average molecular weight is 332 g/mol. The Morgan fingerprint density at radius 2 is 1.73 bits per heavy atom. The molecule has 4 nitrogen and oxygen atoms in total. The number of halogens is 5. The Kier molecular flexibility index (Phi) is 4.68. The number of rotatable bonds is 2. The third-order valence-electron chi connectivity index (χ3n) is 4.13. The third kappa shape index (κ3) is 2.92. The summed E-state index contributed by atoms with van der Waals surface area (Å²) < 4.78 is 74.5. The van der Waals surface area contributed by atoms with Crippen LogP contribution in [0.25, 0.3) is 0 Å². The first kappa shape index (κ1) is 17.4. The van der Waals surface area contributed by atoms with Gasteiger partial charge in [0.2, 0.25) is 0 Å². The lowest BCUT2D eigenvalue weighted by Crippen LogP contribution is -2.68. The van der Waals surface area contributed by atoms with E-state index in [0.29, 0.717) is 12.8 Å². The summed E-state index contributed by atoms with van der Waals surface area (Å²) >= 11 is 0. The van der Waals surface area contributed by atoms with Gasteiger partial charge in [-0.3, -0.25) is 4.79 Å². The van der Waals surface area contributed by atoms with Crippen LogP contribution in [-0.4, -0.2) is 41.7 Å². The molecule has 2 fully saturated rings. The lowest BCUT2D eigenvalue weighted by molar-refractivity contribution is -0.456. The standard InChI is InChI=1S/C13H17F5O4/c14-11(15)9(6-7-21-12(11,20)13(16,17)18)22-10(19)8-4-2-1-3-5-8/h8-9,20H,1-7H2. The van der Waals surface area contributed by atoms with E-state index in [-0.39, 0.29) is 0 Å². The van der Waals surface area contributed by atoms with E-state index in [4.69, 9.17) is 0 Å². The Balaban J connectivity index is 2.11. The molecule has 0 aromatic heterocycles. The van der Waals surface area contributed by atoms with E-state index in [0.717, 1.165) is 19.3 Å². The fourth-order valence-electron chi connectivity index (χ4n) is 2.79. The van der Waals surface area contributed by atoms with Gasteiger partial charge in [-0.15, -0.1) is 0 Å². The minimum atomic E-state index is -5.70. The van der Waals surface area contributed by atoms with Crippen LogP contribution in [0.3, 0.4) is 0 Å². The molecule has 0 spiro atoms. The highest BCUT2D eigenvalue weighted by Gasteiger charge is 2.76. The maximum atomic E-state index is 14.0. The van der Waals surface area contributed by atoms with Crippen molar-refractivity contribution in [2.75, 3.05) is 6.61 Å². The Morgan fingerprint density at radius 3 is 2.27 bits per heavy atom. The van der Waals surface area contributed by atoms with Gasteiger partial charge < -0.3 is 14.6 Å². The van der Waals surface area contributed by atoms with Gasteiger partial charge in [0.15, 0.2) is 6.10 Å². The molecule has 128 valence electrons. The number of ether oxygens (including phenoxy) is 2. The van der Waals surface area contributed by atoms with E-state index in [1.807, 2.05) is 0 Å². The summed E-state index contributed by atoms with van der Waals surface area (Å²) in [4.78, 5) is 11.9. The van der Waals surface area contributed by atoms with Crippen LogP contribution >= 0.6 is 0 Å². The van der Waals surface area contributed by atoms with Crippen molar-refractivity contribution in [1.29, 1.82) is 0 Å². The van der Waals surface area contributed by atoms with Crippen molar-refractivity contribution in [3.63, 3.8) is 0 Å². The number of esters is 1. The van der Waals surface area contributed by atoms with Gasteiger partial charge in [-0.05, 0) is 12.8 Å².